The number of para-hydroxylation sites is 1. The molecule has 2 N–H and O–H groups in total. The van der Waals surface area contributed by atoms with Crippen LogP contribution in [0.5, 0.6) is 5.75 Å². The minimum atomic E-state index is 0. The van der Waals surface area contributed by atoms with Gasteiger partial charge in [-0.15, -0.1) is 24.0 Å². The Balaban J connectivity index is 0.00000338. The molecular weight excluding hydrogens is 445 g/mol. The van der Waals surface area contributed by atoms with Crippen LogP contribution in [-0.2, 0) is 9.47 Å². The number of guanidine groups is 1. The zero-order valence-corrected chi connectivity index (χ0v) is 18.3. The van der Waals surface area contributed by atoms with Crippen LogP contribution < -0.4 is 15.4 Å². The highest BCUT2D eigenvalue weighted by molar-refractivity contribution is 14.0. The molecule has 1 aromatic rings. The second-order valence-corrected chi connectivity index (χ2v) is 6.28. The Morgan fingerprint density at radius 3 is 2.85 bits per heavy atom. The number of halogens is 1. The lowest BCUT2D eigenvalue weighted by Gasteiger charge is -2.19. The lowest BCUT2D eigenvalue weighted by molar-refractivity contribution is 0.0191. The van der Waals surface area contributed by atoms with Gasteiger partial charge in [0, 0.05) is 20.2 Å². The van der Waals surface area contributed by atoms with Crippen LogP contribution in [0.25, 0.3) is 0 Å². The first-order chi connectivity index (χ1) is 12.2. The Morgan fingerprint density at radius 2 is 2.15 bits per heavy atom. The van der Waals surface area contributed by atoms with Gasteiger partial charge in [-0.25, -0.2) is 0 Å². The van der Waals surface area contributed by atoms with E-state index in [0.717, 1.165) is 36.7 Å². The zero-order valence-electron chi connectivity index (χ0n) is 16.0. The van der Waals surface area contributed by atoms with Crippen LogP contribution in [0.2, 0.25) is 0 Å². The number of rotatable bonds is 9. The van der Waals surface area contributed by atoms with Crippen LogP contribution >= 0.6 is 24.0 Å². The number of nitrogens with one attached hydrogen (secondary N) is 2. The van der Waals surface area contributed by atoms with Crippen molar-refractivity contribution in [2.45, 2.75) is 38.9 Å². The van der Waals surface area contributed by atoms with E-state index in [1.54, 1.807) is 7.05 Å². The molecule has 2 atom stereocenters. The van der Waals surface area contributed by atoms with Gasteiger partial charge in [0.2, 0.25) is 0 Å². The highest BCUT2D eigenvalue weighted by Crippen LogP contribution is 2.17. The number of benzene rings is 1. The minimum Gasteiger partial charge on any atom is -0.489 e. The predicted molar refractivity (Wildman–Crippen MR) is 116 cm³/mol. The Morgan fingerprint density at radius 1 is 1.35 bits per heavy atom. The van der Waals surface area contributed by atoms with Crippen LogP contribution in [0.4, 0.5) is 0 Å². The molecule has 0 bridgehead atoms. The highest BCUT2D eigenvalue weighted by Gasteiger charge is 2.15. The summed E-state index contributed by atoms with van der Waals surface area (Å²) in [5, 5.41) is 6.52. The molecule has 0 radical (unpaired) electrons. The lowest BCUT2D eigenvalue weighted by atomic mass is 10.2. The van der Waals surface area contributed by atoms with Gasteiger partial charge in [0.05, 0.1) is 25.9 Å². The highest BCUT2D eigenvalue weighted by atomic mass is 127. The van der Waals surface area contributed by atoms with Crippen molar-refractivity contribution in [2.24, 2.45) is 4.99 Å². The third-order valence-electron chi connectivity index (χ3n) is 4.07. The van der Waals surface area contributed by atoms with Crippen LogP contribution in [0.1, 0.15) is 25.3 Å². The molecule has 1 heterocycles. The van der Waals surface area contributed by atoms with E-state index in [0.29, 0.717) is 26.3 Å². The van der Waals surface area contributed by atoms with E-state index in [-0.39, 0.29) is 36.2 Å². The van der Waals surface area contributed by atoms with Crippen LogP contribution in [0.3, 0.4) is 0 Å². The molecule has 0 spiro atoms. The molecule has 0 aliphatic carbocycles. The molecular formula is C19H32IN3O3. The molecule has 1 aliphatic heterocycles. The zero-order chi connectivity index (χ0) is 17.9. The van der Waals surface area contributed by atoms with Gasteiger partial charge in [-0.3, -0.25) is 4.99 Å². The van der Waals surface area contributed by atoms with E-state index in [4.69, 9.17) is 14.2 Å². The molecule has 26 heavy (non-hydrogen) atoms. The summed E-state index contributed by atoms with van der Waals surface area (Å²) >= 11 is 0. The van der Waals surface area contributed by atoms with Gasteiger partial charge in [-0.05, 0) is 38.3 Å². The molecule has 7 heteroatoms. The van der Waals surface area contributed by atoms with Gasteiger partial charge in [0.25, 0.3) is 0 Å². The fourth-order valence-corrected chi connectivity index (χ4v) is 2.64. The molecule has 1 aromatic carbocycles. The number of hydrogen-bond acceptors (Lipinski definition) is 4. The van der Waals surface area contributed by atoms with E-state index in [9.17, 15) is 0 Å². The molecule has 0 aromatic heterocycles. The topological polar surface area (TPSA) is 64.1 Å². The summed E-state index contributed by atoms with van der Waals surface area (Å²) in [4.78, 5) is 4.22. The number of aliphatic imine (C=N–C) groups is 1. The summed E-state index contributed by atoms with van der Waals surface area (Å²) < 4.78 is 17.1. The maximum absolute atomic E-state index is 5.96. The smallest absolute Gasteiger partial charge is 0.191 e. The summed E-state index contributed by atoms with van der Waals surface area (Å²) in [5.41, 5.74) is 1.14. The molecule has 0 saturated carbocycles. The van der Waals surface area contributed by atoms with Crippen LogP contribution in [-0.4, -0.2) is 58.1 Å². The Bertz CT molecular complexity index is 537. The van der Waals surface area contributed by atoms with Crippen molar-refractivity contribution >= 4 is 29.9 Å². The summed E-state index contributed by atoms with van der Waals surface area (Å²) in [7, 11) is 1.76. The normalized spacial score (nSPS) is 18.1. The number of nitrogens with zero attached hydrogens (tertiary/aromatic N) is 1. The van der Waals surface area contributed by atoms with Crippen LogP contribution in [0.15, 0.2) is 29.3 Å². The average molecular weight is 477 g/mol. The molecule has 6 nitrogen and oxygen atoms in total. The second kappa shape index (κ2) is 13.2. The quantitative estimate of drug-likeness (QED) is 0.248. The monoisotopic (exact) mass is 477 g/mol. The summed E-state index contributed by atoms with van der Waals surface area (Å²) in [6.07, 6.45) is 2.56. The van der Waals surface area contributed by atoms with E-state index >= 15 is 0 Å². The first-order valence-electron chi connectivity index (χ1n) is 9.05. The molecule has 1 fully saturated rings. The first-order valence-corrected chi connectivity index (χ1v) is 9.05. The third-order valence-corrected chi connectivity index (χ3v) is 4.07. The van der Waals surface area contributed by atoms with Crippen LogP contribution in [0, 0.1) is 6.92 Å². The van der Waals surface area contributed by atoms with E-state index in [1.165, 1.54) is 0 Å². The van der Waals surface area contributed by atoms with Crippen molar-refractivity contribution in [1.82, 2.24) is 10.6 Å². The molecule has 0 amide bonds. The summed E-state index contributed by atoms with van der Waals surface area (Å²) in [6.45, 7) is 7.64. The number of hydrogen-bond donors (Lipinski definition) is 2. The van der Waals surface area contributed by atoms with Gasteiger partial charge in [0.1, 0.15) is 11.9 Å². The predicted octanol–water partition coefficient (Wildman–Crippen LogP) is 2.74. The van der Waals surface area contributed by atoms with E-state index < -0.39 is 0 Å². The number of aryl methyl sites for hydroxylation is 1. The second-order valence-electron chi connectivity index (χ2n) is 6.28. The van der Waals surface area contributed by atoms with Crippen molar-refractivity contribution in [3.8, 4) is 5.75 Å². The molecule has 2 unspecified atom stereocenters. The first kappa shape index (κ1) is 23.0. The Labute approximate surface area is 174 Å². The lowest BCUT2D eigenvalue weighted by Crippen LogP contribution is -2.43. The van der Waals surface area contributed by atoms with Crippen molar-refractivity contribution in [3.63, 3.8) is 0 Å². The fraction of sp³-hybridized carbons (Fsp3) is 0.632. The average Bonchev–Trinajstić information content (AvgIpc) is 3.13. The molecule has 148 valence electrons. The maximum Gasteiger partial charge on any atom is 0.191 e. The largest absolute Gasteiger partial charge is 0.489 e. The van der Waals surface area contributed by atoms with Crippen molar-refractivity contribution in [1.29, 1.82) is 0 Å². The van der Waals surface area contributed by atoms with Gasteiger partial charge in [-0.2, -0.15) is 0 Å². The van der Waals surface area contributed by atoms with Gasteiger partial charge in [-0.1, -0.05) is 18.2 Å². The van der Waals surface area contributed by atoms with Crippen molar-refractivity contribution < 1.29 is 14.2 Å². The summed E-state index contributed by atoms with van der Waals surface area (Å²) in [5.74, 6) is 1.67. The SMILES string of the molecule is CN=C(NCCOCC1CCCO1)NCC(C)Oc1ccccc1C.I. The van der Waals surface area contributed by atoms with Gasteiger partial charge >= 0.3 is 0 Å². The summed E-state index contributed by atoms with van der Waals surface area (Å²) in [6, 6.07) is 8.04. The minimum absolute atomic E-state index is 0. The van der Waals surface area contributed by atoms with Crippen molar-refractivity contribution in [2.75, 3.05) is 40.0 Å². The van der Waals surface area contributed by atoms with Gasteiger partial charge in [0.15, 0.2) is 5.96 Å². The third kappa shape index (κ3) is 8.55. The Hall–Kier alpha value is -1.06. The van der Waals surface area contributed by atoms with E-state index in [2.05, 4.69) is 15.6 Å². The molecule has 2 rings (SSSR count). The molecule has 1 saturated heterocycles. The van der Waals surface area contributed by atoms with Gasteiger partial charge < -0.3 is 24.8 Å². The van der Waals surface area contributed by atoms with E-state index in [1.807, 2.05) is 38.1 Å². The molecule has 1 aliphatic rings. The van der Waals surface area contributed by atoms with Crippen molar-refractivity contribution in [3.05, 3.63) is 29.8 Å². The fourth-order valence-electron chi connectivity index (χ4n) is 2.64. The maximum atomic E-state index is 5.96. The number of ether oxygens (including phenoxy) is 3. The Kier molecular flexibility index (Phi) is 11.6. The standard InChI is InChI=1S/C19H31N3O3.HI/c1-15-7-4-5-9-18(15)25-16(2)13-22-19(20-3)21-10-12-23-14-17-8-6-11-24-17;/h4-5,7,9,16-17H,6,8,10-14H2,1-3H3,(H2,20,21,22);1H.